The summed E-state index contributed by atoms with van der Waals surface area (Å²) in [5.74, 6) is 0. The van der Waals surface area contributed by atoms with Crippen molar-refractivity contribution in [1.82, 2.24) is 10.2 Å². The van der Waals surface area contributed by atoms with E-state index >= 15 is 0 Å². The molecular weight excluding hydrogens is 174 g/mol. The number of piperidine rings is 1. The highest BCUT2D eigenvalue weighted by Gasteiger charge is 2.22. The van der Waals surface area contributed by atoms with E-state index in [0.717, 1.165) is 13.1 Å². The summed E-state index contributed by atoms with van der Waals surface area (Å²) in [7, 11) is 0. The first kappa shape index (κ1) is 9.74. The number of likely N-dealkylation sites (tertiary alicyclic amines) is 1. The number of nitrogens with one attached hydrogen (secondary N) is 1. The van der Waals surface area contributed by atoms with Crippen LogP contribution in [0.5, 0.6) is 0 Å². The van der Waals surface area contributed by atoms with Crippen LogP contribution in [0.3, 0.4) is 0 Å². The molecule has 0 spiro atoms. The zero-order valence-electron chi connectivity index (χ0n) is 8.74. The molecule has 1 unspecified atom stereocenters. The van der Waals surface area contributed by atoms with Gasteiger partial charge in [0.2, 0.25) is 0 Å². The van der Waals surface area contributed by atoms with E-state index in [0.29, 0.717) is 12.2 Å². The molecular formula is C11H19N3. The Labute approximate surface area is 85.6 Å². The van der Waals surface area contributed by atoms with Gasteiger partial charge in [-0.1, -0.05) is 6.08 Å². The van der Waals surface area contributed by atoms with Gasteiger partial charge < -0.3 is 11.1 Å². The largest absolute Gasteiger partial charge is 0.372 e. The SMILES string of the molecule is CC1=CNC(N2CCC[C@@H](N)C2)C=C1. The van der Waals surface area contributed by atoms with Crippen LogP contribution < -0.4 is 11.1 Å². The van der Waals surface area contributed by atoms with Gasteiger partial charge in [0.25, 0.3) is 0 Å². The molecule has 1 fully saturated rings. The Morgan fingerprint density at radius 3 is 3.07 bits per heavy atom. The highest BCUT2D eigenvalue weighted by atomic mass is 15.3. The molecule has 14 heavy (non-hydrogen) atoms. The van der Waals surface area contributed by atoms with Crippen LogP contribution in [0.4, 0.5) is 0 Å². The molecule has 1 saturated heterocycles. The van der Waals surface area contributed by atoms with E-state index in [2.05, 4.69) is 35.5 Å². The van der Waals surface area contributed by atoms with Crippen LogP contribution in [0.2, 0.25) is 0 Å². The van der Waals surface area contributed by atoms with E-state index in [1.165, 1.54) is 18.4 Å². The van der Waals surface area contributed by atoms with Crippen molar-refractivity contribution in [1.29, 1.82) is 0 Å². The molecule has 0 saturated carbocycles. The minimum absolute atomic E-state index is 0.352. The lowest BCUT2D eigenvalue weighted by Gasteiger charge is -2.36. The summed E-state index contributed by atoms with van der Waals surface area (Å²) in [5, 5.41) is 3.38. The summed E-state index contributed by atoms with van der Waals surface area (Å²) in [6, 6.07) is 0.353. The standard InChI is InChI=1S/C11H19N3/c1-9-4-5-11(13-7-9)14-6-2-3-10(12)8-14/h4-5,7,10-11,13H,2-3,6,8,12H2,1H3/t10-,11?/m1/s1. The van der Waals surface area contributed by atoms with Gasteiger partial charge in [-0.25, -0.2) is 0 Å². The third-order valence-corrected chi connectivity index (χ3v) is 2.91. The highest BCUT2D eigenvalue weighted by Crippen LogP contribution is 2.13. The predicted octanol–water partition coefficient (Wildman–Crippen LogP) is 0.799. The summed E-state index contributed by atoms with van der Waals surface area (Å²) in [6.07, 6.45) is 9.20. The summed E-state index contributed by atoms with van der Waals surface area (Å²) < 4.78 is 0. The number of hydrogen-bond acceptors (Lipinski definition) is 3. The minimum Gasteiger partial charge on any atom is -0.372 e. The molecule has 78 valence electrons. The van der Waals surface area contributed by atoms with Crippen molar-refractivity contribution in [3.8, 4) is 0 Å². The van der Waals surface area contributed by atoms with Gasteiger partial charge in [-0.15, -0.1) is 0 Å². The van der Waals surface area contributed by atoms with Gasteiger partial charge in [-0.3, -0.25) is 4.90 Å². The summed E-state index contributed by atoms with van der Waals surface area (Å²) in [5.41, 5.74) is 7.23. The van der Waals surface area contributed by atoms with E-state index in [-0.39, 0.29) is 0 Å². The summed E-state index contributed by atoms with van der Waals surface area (Å²) in [4.78, 5) is 2.41. The van der Waals surface area contributed by atoms with Crippen molar-refractivity contribution in [2.75, 3.05) is 13.1 Å². The van der Waals surface area contributed by atoms with Gasteiger partial charge in [0, 0.05) is 25.3 Å². The Balaban J connectivity index is 1.93. The minimum atomic E-state index is 0.352. The third-order valence-electron chi connectivity index (χ3n) is 2.91. The molecule has 3 N–H and O–H groups in total. The molecule has 2 heterocycles. The van der Waals surface area contributed by atoms with Crippen molar-refractivity contribution in [2.24, 2.45) is 5.73 Å². The molecule has 0 radical (unpaired) electrons. The maximum absolute atomic E-state index is 5.95. The maximum Gasteiger partial charge on any atom is 0.0985 e. The maximum atomic E-state index is 5.95. The Morgan fingerprint density at radius 1 is 1.57 bits per heavy atom. The molecule has 0 aromatic carbocycles. The number of allylic oxidation sites excluding steroid dienone is 2. The zero-order valence-corrected chi connectivity index (χ0v) is 8.74. The Hall–Kier alpha value is -0.800. The molecule has 0 bridgehead atoms. The molecule has 3 heteroatoms. The van der Waals surface area contributed by atoms with Gasteiger partial charge in [0.05, 0.1) is 6.17 Å². The molecule has 2 aliphatic heterocycles. The second kappa shape index (κ2) is 4.15. The number of hydrogen-bond donors (Lipinski definition) is 2. The number of nitrogens with zero attached hydrogens (tertiary/aromatic N) is 1. The second-order valence-electron chi connectivity index (χ2n) is 4.26. The molecule has 0 aromatic rings. The van der Waals surface area contributed by atoms with E-state index < -0.39 is 0 Å². The zero-order chi connectivity index (χ0) is 9.97. The number of nitrogens with two attached hydrogens (primary N) is 1. The number of dihydropyridines is 1. The average molecular weight is 193 g/mol. The first-order valence-corrected chi connectivity index (χ1v) is 5.36. The van der Waals surface area contributed by atoms with E-state index in [1.54, 1.807) is 0 Å². The van der Waals surface area contributed by atoms with Gasteiger partial charge in [0.1, 0.15) is 0 Å². The monoisotopic (exact) mass is 193 g/mol. The van der Waals surface area contributed by atoms with E-state index in [1.807, 2.05) is 0 Å². The van der Waals surface area contributed by atoms with Crippen molar-refractivity contribution < 1.29 is 0 Å². The molecule has 3 nitrogen and oxygen atoms in total. The highest BCUT2D eigenvalue weighted by molar-refractivity contribution is 5.21. The van der Waals surface area contributed by atoms with Gasteiger partial charge >= 0.3 is 0 Å². The van der Waals surface area contributed by atoms with Crippen molar-refractivity contribution in [3.63, 3.8) is 0 Å². The van der Waals surface area contributed by atoms with Crippen LogP contribution in [0.1, 0.15) is 19.8 Å². The smallest absolute Gasteiger partial charge is 0.0985 e. The molecule has 0 amide bonds. The fourth-order valence-electron chi connectivity index (χ4n) is 2.08. The lowest BCUT2D eigenvalue weighted by atomic mass is 10.1. The Bertz CT molecular complexity index is 257. The lowest BCUT2D eigenvalue weighted by Crippen LogP contribution is -2.51. The number of rotatable bonds is 1. The first-order valence-electron chi connectivity index (χ1n) is 5.36. The van der Waals surface area contributed by atoms with E-state index in [9.17, 15) is 0 Å². The third kappa shape index (κ3) is 2.16. The normalized spacial score (nSPS) is 33.7. The van der Waals surface area contributed by atoms with Crippen LogP contribution in [-0.4, -0.2) is 30.2 Å². The van der Waals surface area contributed by atoms with Gasteiger partial charge in [-0.05, 0) is 31.4 Å². The van der Waals surface area contributed by atoms with Crippen LogP contribution in [0, 0.1) is 0 Å². The second-order valence-corrected chi connectivity index (χ2v) is 4.26. The van der Waals surface area contributed by atoms with Crippen molar-refractivity contribution >= 4 is 0 Å². The van der Waals surface area contributed by atoms with Crippen molar-refractivity contribution in [3.05, 3.63) is 23.9 Å². The molecule has 0 aromatic heterocycles. The Kier molecular flexibility index (Phi) is 2.89. The van der Waals surface area contributed by atoms with Crippen LogP contribution in [0.15, 0.2) is 23.9 Å². The van der Waals surface area contributed by atoms with Gasteiger partial charge in [-0.2, -0.15) is 0 Å². The summed E-state index contributed by atoms with van der Waals surface area (Å²) >= 11 is 0. The van der Waals surface area contributed by atoms with Gasteiger partial charge in [0.15, 0.2) is 0 Å². The fraction of sp³-hybridized carbons (Fsp3) is 0.636. The molecule has 2 rings (SSSR count). The predicted molar refractivity (Wildman–Crippen MR) is 58.6 cm³/mol. The molecule has 2 atom stereocenters. The molecule has 0 aliphatic carbocycles. The van der Waals surface area contributed by atoms with Crippen LogP contribution >= 0.6 is 0 Å². The topological polar surface area (TPSA) is 41.3 Å². The van der Waals surface area contributed by atoms with Crippen molar-refractivity contribution in [2.45, 2.75) is 32.0 Å². The first-order chi connectivity index (χ1) is 6.75. The average Bonchev–Trinajstić information content (AvgIpc) is 2.19. The lowest BCUT2D eigenvalue weighted by molar-refractivity contribution is 0.161. The molecule has 2 aliphatic rings. The van der Waals surface area contributed by atoms with Crippen LogP contribution in [0.25, 0.3) is 0 Å². The Morgan fingerprint density at radius 2 is 2.43 bits per heavy atom. The quantitative estimate of drug-likeness (QED) is 0.647. The van der Waals surface area contributed by atoms with Crippen LogP contribution in [-0.2, 0) is 0 Å². The fourth-order valence-corrected chi connectivity index (χ4v) is 2.08. The van der Waals surface area contributed by atoms with E-state index in [4.69, 9.17) is 5.73 Å². The summed E-state index contributed by atoms with van der Waals surface area (Å²) in [6.45, 7) is 4.26.